The molecule has 0 saturated heterocycles. The summed E-state index contributed by atoms with van der Waals surface area (Å²) in [7, 11) is -3.03. The Morgan fingerprint density at radius 1 is 1.62 bits per heavy atom. The van der Waals surface area contributed by atoms with Crippen LogP contribution in [0, 0.1) is 0 Å². The molecule has 0 unspecified atom stereocenters. The molecule has 8 heavy (non-hydrogen) atoms. The third kappa shape index (κ3) is 2.76. The van der Waals surface area contributed by atoms with E-state index in [0.29, 0.717) is 0 Å². The maximum Gasteiger partial charge on any atom is 0.172 e. The highest BCUT2D eigenvalue weighted by atomic mass is 32.2. The van der Waals surface area contributed by atoms with Crippen LogP contribution in [0.3, 0.4) is 0 Å². The molecule has 0 aromatic carbocycles. The molecule has 0 bridgehead atoms. The van der Waals surface area contributed by atoms with Gasteiger partial charge in [0.2, 0.25) is 0 Å². The van der Waals surface area contributed by atoms with E-state index in [1.807, 2.05) is 0 Å². The Labute approximate surface area is 49.1 Å². The Bertz CT molecular complexity index is 159. The molecule has 0 aliphatic heterocycles. The van der Waals surface area contributed by atoms with Gasteiger partial charge in [0, 0.05) is 12.0 Å². The molecule has 4 heteroatoms. The first kappa shape index (κ1) is 7.65. The fourth-order valence-corrected chi connectivity index (χ4v) is 0.743. The summed E-state index contributed by atoms with van der Waals surface area (Å²) in [6.45, 7) is 3.27. The van der Waals surface area contributed by atoms with Gasteiger partial charge in [0.25, 0.3) is 0 Å². The largest absolute Gasteiger partial charge is 0.329 e. The van der Waals surface area contributed by atoms with Gasteiger partial charge >= 0.3 is 0 Å². The van der Waals surface area contributed by atoms with Crippen molar-refractivity contribution >= 4 is 9.84 Å². The van der Waals surface area contributed by atoms with Gasteiger partial charge in [0.05, 0.1) is 5.75 Å². The topological polar surface area (TPSA) is 60.2 Å². The fraction of sp³-hybridized carbons (Fsp3) is 0.500. The summed E-state index contributed by atoms with van der Waals surface area (Å²) in [5.74, 6) is -0.00347. The maximum atomic E-state index is 10.4. The molecule has 0 radical (unpaired) electrons. The summed E-state index contributed by atoms with van der Waals surface area (Å²) < 4.78 is 20.8. The number of nitrogens with two attached hydrogens (primary N) is 1. The molecule has 0 saturated carbocycles. The van der Waals surface area contributed by atoms with Crippen molar-refractivity contribution in [3.05, 3.63) is 12.0 Å². The highest BCUT2D eigenvalue weighted by molar-refractivity contribution is 7.94. The number of hydrogen-bond donors (Lipinski definition) is 1. The zero-order chi connectivity index (χ0) is 6.62. The lowest BCUT2D eigenvalue weighted by Crippen LogP contribution is -2.12. The van der Waals surface area contributed by atoms with Gasteiger partial charge in [-0.15, -0.1) is 0 Å². The molecule has 48 valence electrons. The molecule has 0 aromatic rings. The predicted molar refractivity (Wildman–Crippen MR) is 33.0 cm³/mol. The molecule has 0 heterocycles. The molecule has 0 aromatic heterocycles. The normalized spacial score (nSPS) is 11.1. The second-order valence-corrected chi connectivity index (χ2v) is 3.39. The first-order valence-electron chi connectivity index (χ1n) is 2.17. The molecule has 0 spiro atoms. The summed E-state index contributed by atoms with van der Waals surface area (Å²) >= 11 is 0. The van der Waals surface area contributed by atoms with Crippen molar-refractivity contribution in [2.24, 2.45) is 5.73 Å². The highest BCUT2D eigenvalue weighted by Gasteiger charge is 1.99. The highest BCUT2D eigenvalue weighted by Crippen LogP contribution is 1.85. The number of rotatable bonds is 3. The Morgan fingerprint density at radius 3 is 2.25 bits per heavy atom. The van der Waals surface area contributed by atoms with Gasteiger partial charge in [-0.25, -0.2) is 8.42 Å². The molecule has 2 N–H and O–H groups in total. The van der Waals surface area contributed by atoms with Gasteiger partial charge in [-0.1, -0.05) is 6.58 Å². The average molecular weight is 135 g/mol. The molecule has 0 fully saturated rings. The van der Waals surface area contributed by atoms with E-state index in [1.54, 1.807) is 0 Å². The van der Waals surface area contributed by atoms with E-state index >= 15 is 0 Å². The standard InChI is InChI=1S/C4H9NO2S/c1-2-8(6,7)4-3-5/h2H,1,3-5H2. The summed E-state index contributed by atoms with van der Waals surface area (Å²) in [6, 6.07) is 0. The van der Waals surface area contributed by atoms with Crippen molar-refractivity contribution < 1.29 is 8.42 Å². The van der Waals surface area contributed by atoms with Gasteiger partial charge < -0.3 is 5.73 Å². The summed E-state index contributed by atoms with van der Waals surface area (Å²) in [5.41, 5.74) is 4.96. The molecule has 0 rings (SSSR count). The van der Waals surface area contributed by atoms with Crippen molar-refractivity contribution in [2.75, 3.05) is 12.3 Å². The van der Waals surface area contributed by atoms with E-state index in [0.717, 1.165) is 5.41 Å². The molecule has 0 aliphatic rings. The molecule has 3 nitrogen and oxygen atoms in total. The lowest BCUT2D eigenvalue weighted by molar-refractivity contribution is 0.604. The van der Waals surface area contributed by atoms with Gasteiger partial charge in [-0.3, -0.25) is 0 Å². The van der Waals surface area contributed by atoms with E-state index < -0.39 is 9.84 Å². The zero-order valence-electron chi connectivity index (χ0n) is 4.50. The predicted octanol–water partition coefficient (Wildman–Crippen LogP) is -0.497. The van der Waals surface area contributed by atoms with Crippen molar-refractivity contribution in [1.29, 1.82) is 0 Å². The molecular weight excluding hydrogens is 126 g/mol. The lowest BCUT2D eigenvalue weighted by atomic mass is 10.8. The third-order valence-electron chi connectivity index (χ3n) is 0.656. The van der Waals surface area contributed by atoms with E-state index in [2.05, 4.69) is 6.58 Å². The van der Waals surface area contributed by atoms with Gasteiger partial charge in [0.15, 0.2) is 9.84 Å². The van der Waals surface area contributed by atoms with Crippen LogP contribution in [0.25, 0.3) is 0 Å². The van der Waals surface area contributed by atoms with E-state index in [4.69, 9.17) is 5.73 Å². The van der Waals surface area contributed by atoms with Crippen LogP contribution < -0.4 is 5.73 Å². The Hall–Kier alpha value is -0.350. The summed E-state index contributed by atoms with van der Waals surface area (Å²) in [5, 5.41) is 0.917. The van der Waals surface area contributed by atoms with Crippen LogP contribution in [-0.2, 0) is 9.84 Å². The Balaban J connectivity index is 3.95. The van der Waals surface area contributed by atoms with Gasteiger partial charge in [0.1, 0.15) is 0 Å². The summed E-state index contributed by atoms with van der Waals surface area (Å²) in [4.78, 5) is 0. The molecule has 0 aliphatic carbocycles. The average Bonchev–Trinajstić information content (AvgIpc) is 1.67. The fourth-order valence-electron chi connectivity index (χ4n) is 0.248. The lowest BCUT2D eigenvalue weighted by Gasteiger charge is -1.89. The van der Waals surface area contributed by atoms with Gasteiger partial charge in [-0.05, 0) is 0 Å². The van der Waals surface area contributed by atoms with Crippen LogP contribution >= 0.6 is 0 Å². The van der Waals surface area contributed by atoms with Crippen molar-refractivity contribution in [2.45, 2.75) is 0 Å². The van der Waals surface area contributed by atoms with Crippen LogP contribution in [0.4, 0.5) is 0 Å². The van der Waals surface area contributed by atoms with Crippen LogP contribution in [0.2, 0.25) is 0 Å². The zero-order valence-corrected chi connectivity index (χ0v) is 5.32. The van der Waals surface area contributed by atoms with Crippen LogP contribution in [-0.4, -0.2) is 20.7 Å². The van der Waals surface area contributed by atoms with Crippen LogP contribution in [0.1, 0.15) is 0 Å². The van der Waals surface area contributed by atoms with E-state index in [-0.39, 0.29) is 12.3 Å². The smallest absolute Gasteiger partial charge is 0.172 e. The SMILES string of the molecule is C=CS(=O)(=O)CCN. The van der Waals surface area contributed by atoms with E-state index in [1.165, 1.54) is 0 Å². The second-order valence-electron chi connectivity index (χ2n) is 1.32. The van der Waals surface area contributed by atoms with Crippen LogP contribution in [0.15, 0.2) is 12.0 Å². The Morgan fingerprint density at radius 2 is 2.12 bits per heavy atom. The van der Waals surface area contributed by atoms with Gasteiger partial charge in [-0.2, -0.15) is 0 Å². The minimum absolute atomic E-state index is 0.00347. The molecule has 0 amide bonds. The van der Waals surface area contributed by atoms with Crippen molar-refractivity contribution in [3.8, 4) is 0 Å². The second kappa shape index (κ2) is 2.84. The quantitative estimate of drug-likeness (QED) is 0.567. The van der Waals surface area contributed by atoms with E-state index in [9.17, 15) is 8.42 Å². The maximum absolute atomic E-state index is 10.4. The minimum atomic E-state index is -3.03. The van der Waals surface area contributed by atoms with Crippen molar-refractivity contribution in [1.82, 2.24) is 0 Å². The number of hydrogen-bond acceptors (Lipinski definition) is 3. The monoisotopic (exact) mass is 135 g/mol. The molecule has 0 atom stereocenters. The minimum Gasteiger partial charge on any atom is -0.329 e. The first-order valence-corrected chi connectivity index (χ1v) is 3.89. The Kier molecular flexibility index (Phi) is 2.71. The summed E-state index contributed by atoms with van der Waals surface area (Å²) in [6.07, 6.45) is 0. The van der Waals surface area contributed by atoms with Crippen LogP contribution in [0.5, 0.6) is 0 Å². The molecular formula is C4H9NO2S. The third-order valence-corrected chi connectivity index (χ3v) is 1.97. The van der Waals surface area contributed by atoms with Crippen molar-refractivity contribution in [3.63, 3.8) is 0 Å². The number of sulfone groups is 1. The first-order chi connectivity index (χ1) is 3.62.